The highest BCUT2D eigenvalue weighted by Gasteiger charge is 2.14. The molecule has 0 fully saturated rings. The third kappa shape index (κ3) is 5.59. The van der Waals surface area contributed by atoms with Crippen LogP contribution in [0.2, 0.25) is 0 Å². The van der Waals surface area contributed by atoms with Crippen molar-refractivity contribution >= 4 is 0 Å². The van der Waals surface area contributed by atoms with Crippen molar-refractivity contribution in [2.45, 2.75) is 26.1 Å². The molecule has 1 unspecified atom stereocenters. The molecule has 0 heterocycles. The molecule has 0 radical (unpaired) electrons. The number of aliphatic hydroxyl groups is 1. The summed E-state index contributed by atoms with van der Waals surface area (Å²) in [6.45, 7) is 6.06. The summed E-state index contributed by atoms with van der Waals surface area (Å²) in [6, 6.07) is 7.56. The second-order valence-corrected chi connectivity index (χ2v) is 4.94. The zero-order valence-electron chi connectivity index (χ0n) is 12.3. The Morgan fingerprint density at radius 2 is 1.95 bits per heavy atom. The number of likely N-dealkylation sites (N-methyl/N-ethyl adjacent to an activating group) is 1. The Morgan fingerprint density at radius 3 is 2.58 bits per heavy atom. The lowest BCUT2D eigenvalue weighted by molar-refractivity contribution is 0.0516. The van der Waals surface area contributed by atoms with Gasteiger partial charge in [0.05, 0.1) is 25.9 Å². The van der Waals surface area contributed by atoms with Crippen LogP contribution in [-0.2, 0) is 4.74 Å². The fourth-order valence-electron chi connectivity index (χ4n) is 1.87. The Balaban J connectivity index is 2.47. The van der Waals surface area contributed by atoms with Crippen molar-refractivity contribution < 1.29 is 14.6 Å². The maximum atomic E-state index is 10.2. The number of rotatable bonds is 8. The summed E-state index contributed by atoms with van der Waals surface area (Å²) < 4.78 is 10.8. The van der Waals surface area contributed by atoms with Gasteiger partial charge in [-0.05, 0) is 27.0 Å². The van der Waals surface area contributed by atoms with Crippen molar-refractivity contribution in [3.05, 3.63) is 29.8 Å². The van der Waals surface area contributed by atoms with Crippen LogP contribution >= 0.6 is 0 Å². The molecule has 19 heavy (non-hydrogen) atoms. The Morgan fingerprint density at radius 1 is 1.26 bits per heavy atom. The highest BCUT2D eigenvalue weighted by Crippen LogP contribution is 2.24. The van der Waals surface area contributed by atoms with Crippen molar-refractivity contribution in [1.29, 1.82) is 0 Å². The van der Waals surface area contributed by atoms with E-state index < -0.39 is 6.10 Å². The molecule has 1 N–H and O–H groups in total. The van der Waals surface area contributed by atoms with Gasteiger partial charge in [0.25, 0.3) is 0 Å². The highest BCUT2D eigenvalue weighted by atomic mass is 16.5. The molecule has 0 aliphatic heterocycles. The number of benzene rings is 1. The lowest BCUT2D eigenvalue weighted by Gasteiger charge is -2.22. The average Bonchev–Trinajstić information content (AvgIpc) is 2.38. The van der Waals surface area contributed by atoms with E-state index >= 15 is 0 Å². The van der Waals surface area contributed by atoms with E-state index in [1.807, 2.05) is 45.2 Å². The molecule has 1 aromatic rings. The van der Waals surface area contributed by atoms with E-state index in [1.54, 1.807) is 7.11 Å². The number of ether oxygens (including phenoxy) is 2. The second kappa shape index (κ2) is 8.15. The lowest BCUT2D eigenvalue weighted by Crippen LogP contribution is -2.29. The molecule has 0 amide bonds. The number of hydrogen-bond acceptors (Lipinski definition) is 4. The molecule has 1 atom stereocenters. The minimum Gasteiger partial charge on any atom is -0.496 e. The number of aliphatic hydroxyl groups excluding tert-OH is 1. The predicted octanol–water partition coefficient (Wildman–Crippen LogP) is 2.09. The minimum atomic E-state index is -0.555. The van der Waals surface area contributed by atoms with E-state index in [1.165, 1.54) is 0 Å². The van der Waals surface area contributed by atoms with E-state index in [9.17, 15) is 5.11 Å². The first kappa shape index (κ1) is 16.0. The Labute approximate surface area is 115 Å². The topological polar surface area (TPSA) is 41.9 Å². The first-order valence-electron chi connectivity index (χ1n) is 6.65. The molecule has 0 aromatic heterocycles. The molecule has 0 spiro atoms. The molecule has 1 rings (SSSR count). The van der Waals surface area contributed by atoms with Gasteiger partial charge in [0.1, 0.15) is 5.75 Å². The maximum absolute atomic E-state index is 10.2. The van der Waals surface area contributed by atoms with E-state index in [-0.39, 0.29) is 6.10 Å². The van der Waals surface area contributed by atoms with Gasteiger partial charge >= 0.3 is 0 Å². The monoisotopic (exact) mass is 267 g/mol. The fraction of sp³-hybridized carbons (Fsp3) is 0.600. The number of hydrogen-bond donors (Lipinski definition) is 1. The van der Waals surface area contributed by atoms with Crippen molar-refractivity contribution in [1.82, 2.24) is 4.90 Å². The maximum Gasteiger partial charge on any atom is 0.124 e. The molecule has 4 heteroatoms. The third-order valence-corrected chi connectivity index (χ3v) is 2.91. The second-order valence-electron chi connectivity index (χ2n) is 4.94. The zero-order valence-corrected chi connectivity index (χ0v) is 12.3. The van der Waals surface area contributed by atoms with Gasteiger partial charge in [0.15, 0.2) is 0 Å². The molecular formula is C15H25NO3. The fourth-order valence-corrected chi connectivity index (χ4v) is 1.87. The normalized spacial score (nSPS) is 13.0. The van der Waals surface area contributed by atoms with Crippen LogP contribution in [0.15, 0.2) is 24.3 Å². The molecule has 1 aromatic carbocycles. The van der Waals surface area contributed by atoms with Gasteiger partial charge in [-0.2, -0.15) is 0 Å². The molecular weight excluding hydrogens is 242 g/mol. The molecule has 0 aliphatic carbocycles. The Kier molecular flexibility index (Phi) is 6.84. The van der Waals surface area contributed by atoms with Crippen LogP contribution in [0.3, 0.4) is 0 Å². The van der Waals surface area contributed by atoms with Gasteiger partial charge in [-0.1, -0.05) is 18.2 Å². The standard InChI is InChI=1S/C15H25NO3/c1-12(2)19-10-9-16(3)11-14(17)13-7-5-6-8-15(13)18-4/h5-8,12,14,17H,9-11H2,1-4H3. The summed E-state index contributed by atoms with van der Waals surface area (Å²) in [5, 5.41) is 10.2. The summed E-state index contributed by atoms with van der Waals surface area (Å²) in [5.41, 5.74) is 0.821. The zero-order chi connectivity index (χ0) is 14.3. The van der Waals surface area contributed by atoms with Gasteiger partial charge < -0.3 is 19.5 Å². The number of nitrogens with zero attached hydrogens (tertiary/aromatic N) is 1. The predicted molar refractivity (Wildman–Crippen MR) is 76.5 cm³/mol. The average molecular weight is 267 g/mol. The van der Waals surface area contributed by atoms with Crippen LogP contribution in [0, 0.1) is 0 Å². The van der Waals surface area contributed by atoms with E-state index in [4.69, 9.17) is 9.47 Å². The summed E-state index contributed by atoms with van der Waals surface area (Å²) >= 11 is 0. The van der Waals surface area contributed by atoms with Crippen LogP contribution < -0.4 is 4.74 Å². The van der Waals surface area contributed by atoms with E-state index in [2.05, 4.69) is 4.90 Å². The van der Waals surface area contributed by atoms with E-state index in [0.29, 0.717) is 13.2 Å². The summed E-state index contributed by atoms with van der Waals surface area (Å²) in [6.07, 6.45) is -0.312. The van der Waals surface area contributed by atoms with Crippen molar-refractivity contribution in [3.63, 3.8) is 0 Å². The van der Waals surface area contributed by atoms with Crippen molar-refractivity contribution in [2.24, 2.45) is 0 Å². The molecule has 0 saturated carbocycles. The van der Waals surface area contributed by atoms with Crippen molar-refractivity contribution in [3.8, 4) is 5.75 Å². The summed E-state index contributed by atoms with van der Waals surface area (Å²) in [7, 11) is 3.59. The van der Waals surface area contributed by atoms with Crippen LogP contribution in [0.5, 0.6) is 5.75 Å². The first-order valence-corrected chi connectivity index (χ1v) is 6.65. The number of methoxy groups -OCH3 is 1. The molecule has 108 valence electrons. The van der Waals surface area contributed by atoms with Crippen LogP contribution in [0.4, 0.5) is 0 Å². The largest absolute Gasteiger partial charge is 0.496 e. The lowest BCUT2D eigenvalue weighted by atomic mass is 10.1. The van der Waals surface area contributed by atoms with Crippen LogP contribution in [-0.4, -0.2) is 50.0 Å². The van der Waals surface area contributed by atoms with Gasteiger partial charge in [-0.15, -0.1) is 0 Å². The van der Waals surface area contributed by atoms with Gasteiger partial charge in [-0.3, -0.25) is 0 Å². The molecule has 0 aliphatic rings. The van der Waals surface area contributed by atoms with E-state index in [0.717, 1.165) is 17.9 Å². The quantitative estimate of drug-likeness (QED) is 0.783. The van der Waals surface area contributed by atoms with Gasteiger partial charge in [0, 0.05) is 18.7 Å². The van der Waals surface area contributed by atoms with Crippen LogP contribution in [0.25, 0.3) is 0 Å². The third-order valence-electron chi connectivity index (χ3n) is 2.91. The Bertz CT molecular complexity index is 368. The summed E-state index contributed by atoms with van der Waals surface area (Å²) in [5.74, 6) is 0.724. The minimum absolute atomic E-state index is 0.243. The summed E-state index contributed by atoms with van der Waals surface area (Å²) in [4.78, 5) is 2.06. The highest BCUT2D eigenvalue weighted by molar-refractivity contribution is 5.35. The van der Waals surface area contributed by atoms with Crippen molar-refractivity contribution in [2.75, 3.05) is 33.9 Å². The number of para-hydroxylation sites is 1. The SMILES string of the molecule is COc1ccccc1C(O)CN(C)CCOC(C)C. The first-order chi connectivity index (χ1) is 9.04. The van der Waals surface area contributed by atoms with Gasteiger partial charge in [-0.25, -0.2) is 0 Å². The van der Waals surface area contributed by atoms with Crippen LogP contribution in [0.1, 0.15) is 25.5 Å². The van der Waals surface area contributed by atoms with Gasteiger partial charge in [0.2, 0.25) is 0 Å². The molecule has 0 saturated heterocycles. The smallest absolute Gasteiger partial charge is 0.124 e. The molecule has 4 nitrogen and oxygen atoms in total. The Hall–Kier alpha value is -1.10. The molecule has 0 bridgehead atoms.